The highest BCUT2D eigenvalue weighted by Crippen LogP contribution is 2.39. The van der Waals surface area contributed by atoms with E-state index in [4.69, 9.17) is 11.5 Å². The van der Waals surface area contributed by atoms with Crippen molar-refractivity contribution in [2.24, 2.45) is 17.4 Å². The van der Waals surface area contributed by atoms with E-state index in [-0.39, 0.29) is 23.9 Å². The molecule has 2 rings (SSSR count). The summed E-state index contributed by atoms with van der Waals surface area (Å²) in [6.45, 7) is 2.39. The molecule has 1 aromatic rings. The van der Waals surface area contributed by atoms with Crippen molar-refractivity contribution in [3.63, 3.8) is 0 Å². The van der Waals surface area contributed by atoms with Gasteiger partial charge in [0, 0.05) is 17.7 Å². The minimum absolute atomic E-state index is 0. The van der Waals surface area contributed by atoms with Crippen molar-refractivity contribution < 1.29 is 9.59 Å². The van der Waals surface area contributed by atoms with E-state index in [1.165, 1.54) is 0 Å². The normalized spacial score (nSPS) is 16.7. The van der Waals surface area contributed by atoms with Crippen molar-refractivity contribution >= 4 is 24.2 Å². The summed E-state index contributed by atoms with van der Waals surface area (Å²) in [6.07, 6.45) is 2.21. The Morgan fingerprint density at radius 3 is 2.15 bits per heavy atom. The highest BCUT2D eigenvalue weighted by Gasteiger charge is 2.41. The Labute approximate surface area is 124 Å². The van der Waals surface area contributed by atoms with Crippen molar-refractivity contribution in [3.05, 3.63) is 35.4 Å². The fourth-order valence-electron chi connectivity index (χ4n) is 2.16. The number of carbonyl (C=O) groups excluding carboxylic acids is 2. The van der Waals surface area contributed by atoms with Gasteiger partial charge in [0.2, 0.25) is 5.91 Å². The predicted octanol–water partition coefficient (Wildman–Crippen LogP) is 1.06. The highest BCUT2D eigenvalue weighted by molar-refractivity contribution is 5.97. The molecule has 0 bridgehead atoms. The Bertz CT molecular complexity index is 500. The molecule has 5 N–H and O–H groups in total. The van der Waals surface area contributed by atoms with Crippen molar-refractivity contribution in [1.82, 2.24) is 5.32 Å². The number of rotatable bonds is 5. The van der Waals surface area contributed by atoms with E-state index >= 15 is 0 Å². The molecule has 0 heterocycles. The molecule has 1 fully saturated rings. The SMILES string of the molecule is CC(CN)(NC(=O)c1ccc(C(N)=O)cc1)C1CC1.Cl. The fourth-order valence-corrected chi connectivity index (χ4v) is 2.16. The van der Waals surface area contributed by atoms with Crippen LogP contribution in [0.3, 0.4) is 0 Å². The van der Waals surface area contributed by atoms with Crippen LogP contribution in [-0.4, -0.2) is 23.9 Å². The lowest BCUT2D eigenvalue weighted by atomic mass is 9.95. The molecular weight excluding hydrogens is 278 g/mol. The number of nitrogens with one attached hydrogen (secondary N) is 1. The first-order chi connectivity index (χ1) is 8.96. The van der Waals surface area contributed by atoms with Gasteiger partial charge in [-0.25, -0.2) is 0 Å². The second-order valence-corrected chi connectivity index (χ2v) is 5.29. The maximum atomic E-state index is 12.1. The topological polar surface area (TPSA) is 98.2 Å². The molecule has 0 spiro atoms. The fraction of sp³-hybridized carbons (Fsp3) is 0.429. The van der Waals surface area contributed by atoms with Gasteiger partial charge in [-0.05, 0) is 49.9 Å². The van der Waals surface area contributed by atoms with Crippen LogP contribution in [-0.2, 0) is 0 Å². The molecule has 0 saturated heterocycles. The molecule has 1 aromatic carbocycles. The van der Waals surface area contributed by atoms with Crippen LogP contribution < -0.4 is 16.8 Å². The molecule has 0 aliphatic heterocycles. The van der Waals surface area contributed by atoms with E-state index in [1.54, 1.807) is 24.3 Å². The van der Waals surface area contributed by atoms with E-state index in [0.29, 0.717) is 23.6 Å². The van der Waals surface area contributed by atoms with Gasteiger partial charge in [-0.3, -0.25) is 9.59 Å². The average molecular weight is 298 g/mol. The van der Waals surface area contributed by atoms with Crippen LogP contribution in [0.15, 0.2) is 24.3 Å². The molecule has 6 heteroatoms. The van der Waals surface area contributed by atoms with Gasteiger partial charge in [0.25, 0.3) is 5.91 Å². The second kappa shape index (κ2) is 6.24. The first-order valence-corrected chi connectivity index (χ1v) is 6.39. The lowest BCUT2D eigenvalue weighted by Gasteiger charge is -2.29. The van der Waals surface area contributed by atoms with Crippen LogP contribution >= 0.6 is 12.4 Å². The van der Waals surface area contributed by atoms with Crippen molar-refractivity contribution in [3.8, 4) is 0 Å². The first-order valence-electron chi connectivity index (χ1n) is 6.39. The van der Waals surface area contributed by atoms with Crippen molar-refractivity contribution in [2.45, 2.75) is 25.3 Å². The molecule has 1 aliphatic carbocycles. The van der Waals surface area contributed by atoms with Crippen molar-refractivity contribution in [1.29, 1.82) is 0 Å². The third-order valence-electron chi connectivity index (χ3n) is 3.73. The zero-order valence-electron chi connectivity index (χ0n) is 11.4. The smallest absolute Gasteiger partial charge is 0.251 e. The summed E-state index contributed by atoms with van der Waals surface area (Å²) in [7, 11) is 0. The van der Waals surface area contributed by atoms with Crippen LogP contribution in [0.2, 0.25) is 0 Å². The molecule has 1 aliphatic rings. The minimum Gasteiger partial charge on any atom is -0.366 e. The minimum atomic E-state index is -0.503. The monoisotopic (exact) mass is 297 g/mol. The van der Waals surface area contributed by atoms with E-state index in [0.717, 1.165) is 12.8 Å². The lowest BCUT2D eigenvalue weighted by Crippen LogP contribution is -2.53. The molecule has 20 heavy (non-hydrogen) atoms. The van der Waals surface area contributed by atoms with Gasteiger partial charge in [0.05, 0.1) is 5.54 Å². The summed E-state index contributed by atoms with van der Waals surface area (Å²) in [5, 5.41) is 2.99. The third kappa shape index (κ3) is 3.49. The van der Waals surface area contributed by atoms with Gasteiger partial charge in [-0.15, -0.1) is 12.4 Å². The van der Waals surface area contributed by atoms with Crippen LogP contribution in [0, 0.1) is 5.92 Å². The molecule has 2 amide bonds. The molecule has 1 unspecified atom stereocenters. The quantitative estimate of drug-likeness (QED) is 0.758. The maximum absolute atomic E-state index is 12.1. The Morgan fingerprint density at radius 2 is 1.75 bits per heavy atom. The molecule has 5 nitrogen and oxygen atoms in total. The number of halogens is 1. The van der Waals surface area contributed by atoms with E-state index in [1.807, 2.05) is 6.92 Å². The number of primary amides is 1. The summed E-state index contributed by atoms with van der Waals surface area (Å²) in [5.41, 5.74) is 11.5. The van der Waals surface area contributed by atoms with Crippen LogP contribution in [0.25, 0.3) is 0 Å². The molecule has 1 saturated carbocycles. The lowest BCUT2D eigenvalue weighted by molar-refractivity contribution is 0.0896. The van der Waals surface area contributed by atoms with Gasteiger partial charge < -0.3 is 16.8 Å². The molecule has 0 aromatic heterocycles. The van der Waals surface area contributed by atoms with E-state index < -0.39 is 5.91 Å². The van der Waals surface area contributed by atoms with Gasteiger partial charge in [-0.2, -0.15) is 0 Å². The number of amides is 2. The average Bonchev–Trinajstić information content (AvgIpc) is 3.23. The number of nitrogens with two attached hydrogens (primary N) is 2. The highest BCUT2D eigenvalue weighted by atomic mass is 35.5. The summed E-state index contributed by atoms with van der Waals surface area (Å²) in [6, 6.07) is 6.29. The Hall–Kier alpha value is -1.59. The number of hydrogen-bond donors (Lipinski definition) is 3. The van der Waals surface area contributed by atoms with Crippen LogP contribution in [0.1, 0.15) is 40.5 Å². The standard InChI is InChI=1S/C14H19N3O2.ClH/c1-14(8-15,11-6-7-11)17-13(19)10-4-2-9(3-5-10)12(16)18;/h2-5,11H,6-8,15H2,1H3,(H2,16,18)(H,17,19);1H. The van der Waals surface area contributed by atoms with Gasteiger partial charge in [-0.1, -0.05) is 0 Å². The number of carbonyl (C=O) groups is 2. The number of benzene rings is 1. The van der Waals surface area contributed by atoms with Crippen molar-refractivity contribution in [2.75, 3.05) is 6.54 Å². The van der Waals surface area contributed by atoms with Gasteiger partial charge >= 0.3 is 0 Å². The first kappa shape index (κ1) is 16.5. The summed E-state index contributed by atoms with van der Waals surface area (Å²) < 4.78 is 0. The Morgan fingerprint density at radius 1 is 1.25 bits per heavy atom. The Balaban J connectivity index is 0.00000200. The van der Waals surface area contributed by atoms with Crippen LogP contribution in [0.4, 0.5) is 0 Å². The zero-order chi connectivity index (χ0) is 14.0. The molecular formula is C14H20ClN3O2. The predicted molar refractivity (Wildman–Crippen MR) is 79.9 cm³/mol. The maximum Gasteiger partial charge on any atom is 0.251 e. The number of hydrogen-bond acceptors (Lipinski definition) is 3. The summed E-state index contributed by atoms with van der Waals surface area (Å²) >= 11 is 0. The van der Waals surface area contributed by atoms with Gasteiger partial charge in [0.1, 0.15) is 0 Å². The Kier molecular flexibility index (Phi) is 5.14. The third-order valence-corrected chi connectivity index (χ3v) is 3.73. The van der Waals surface area contributed by atoms with E-state index in [9.17, 15) is 9.59 Å². The molecule has 1 atom stereocenters. The molecule has 110 valence electrons. The second-order valence-electron chi connectivity index (χ2n) is 5.29. The summed E-state index contributed by atoms with van der Waals surface area (Å²) in [4.78, 5) is 23.1. The van der Waals surface area contributed by atoms with Gasteiger partial charge in [0.15, 0.2) is 0 Å². The van der Waals surface area contributed by atoms with E-state index in [2.05, 4.69) is 5.32 Å². The largest absolute Gasteiger partial charge is 0.366 e. The molecule has 0 radical (unpaired) electrons. The zero-order valence-corrected chi connectivity index (χ0v) is 12.2. The summed E-state index contributed by atoms with van der Waals surface area (Å²) in [5.74, 6) is -0.209. The van der Waals surface area contributed by atoms with Crippen LogP contribution in [0.5, 0.6) is 0 Å².